The van der Waals surface area contributed by atoms with Gasteiger partial charge in [0.2, 0.25) is 0 Å². The van der Waals surface area contributed by atoms with Gasteiger partial charge in [-0.25, -0.2) is 0 Å². The second kappa shape index (κ2) is 6.74. The van der Waals surface area contributed by atoms with Gasteiger partial charge in [-0.3, -0.25) is 14.5 Å². The van der Waals surface area contributed by atoms with E-state index < -0.39 is 11.5 Å². The lowest BCUT2D eigenvalue weighted by atomic mass is 9.93. The van der Waals surface area contributed by atoms with Gasteiger partial charge >= 0.3 is 0 Å². The highest BCUT2D eigenvalue weighted by atomic mass is 16.3. The summed E-state index contributed by atoms with van der Waals surface area (Å²) < 4.78 is 0. The molecule has 23 heavy (non-hydrogen) atoms. The Bertz CT molecular complexity index is 653. The maximum atomic E-state index is 12.4. The predicted molar refractivity (Wildman–Crippen MR) is 88.0 cm³/mol. The Morgan fingerprint density at radius 1 is 1.35 bits per heavy atom. The van der Waals surface area contributed by atoms with E-state index in [-0.39, 0.29) is 11.3 Å². The molecule has 0 unspecified atom stereocenters. The molecule has 1 aromatic heterocycles. The summed E-state index contributed by atoms with van der Waals surface area (Å²) in [5.74, 6) is -0.597. The van der Waals surface area contributed by atoms with Crippen LogP contribution in [0.15, 0.2) is 4.79 Å². The topological polar surface area (TPSA) is 85.4 Å². The predicted octanol–water partition coefficient (Wildman–Crippen LogP) is 1.17. The van der Waals surface area contributed by atoms with Crippen LogP contribution in [-0.2, 0) is 12.8 Å². The summed E-state index contributed by atoms with van der Waals surface area (Å²) in [7, 11) is 0. The Morgan fingerprint density at radius 2 is 2.13 bits per heavy atom. The molecule has 1 aromatic rings. The van der Waals surface area contributed by atoms with Crippen molar-refractivity contribution in [2.75, 3.05) is 19.6 Å². The number of aromatic amines is 1. The number of aromatic hydroxyl groups is 1. The van der Waals surface area contributed by atoms with Crippen molar-refractivity contribution in [1.82, 2.24) is 15.2 Å². The average Bonchev–Trinajstić information content (AvgIpc) is 3.00. The Balaban J connectivity index is 1.76. The Labute approximate surface area is 135 Å². The number of likely N-dealkylation sites (tertiary alicyclic amines) is 1. The van der Waals surface area contributed by atoms with Crippen molar-refractivity contribution in [1.29, 1.82) is 0 Å². The van der Waals surface area contributed by atoms with Crippen LogP contribution < -0.4 is 10.9 Å². The maximum absolute atomic E-state index is 12.4. The molecule has 0 bridgehead atoms. The van der Waals surface area contributed by atoms with Gasteiger partial charge < -0.3 is 15.4 Å². The minimum absolute atomic E-state index is 0.125. The highest BCUT2D eigenvalue weighted by Crippen LogP contribution is 2.28. The number of aromatic nitrogens is 1. The minimum atomic E-state index is -0.487. The van der Waals surface area contributed by atoms with Crippen molar-refractivity contribution in [2.24, 2.45) is 0 Å². The van der Waals surface area contributed by atoms with Gasteiger partial charge in [-0.2, -0.15) is 0 Å². The number of hydrogen-bond donors (Lipinski definition) is 3. The molecule has 1 amide bonds. The monoisotopic (exact) mass is 319 g/mol. The van der Waals surface area contributed by atoms with Crippen LogP contribution in [0.3, 0.4) is 0 Å². The second-order valence-electron chi connectivity index (χ2n) is 6.48. The third-order valence-corrected chi connectivity index (χ3v) is 5.11. The zero-order valence-electron chi connectivity index (χ0n) is 13.7. The van der Waals surface area contributed by atoms with E-state index in [1.807, 2.05) is 0 Å². The number of fused-ring (bicyclic) bond motifs is 1. The molecule has 0 spiro atoms. The first-order valence-corrected chi connectivity index (χ1v) is 8.61. The Hall–Kier alpha value is -1.82. The first-order chi connectivity index (χ1) is 11.1. The minimum Gasteiger partial charge on any atom is -0.507 e. The number of carbonyl (C=O) groups excluding carboxylic acids is 1. The molecule has 1 fully saturated rings. The molecule has 0 saturated carbocycles. The average molecular weight is 319 g/mol. The lowest BCUT2D eigenvalue weighted by Crippen LogP contribution is -2.41. The molecule has 0 aromatic carbocycles. The lowest BCUT2D eigenvalue weighted by molar-refractivity contribution is 0.0936. The first kappa shape index (κ1) is 16.1. The summed E-state index contributed by atoms with van der Waals surface area (Å²) in [6.45, 7) is 4.65. The fraction of sp³-hybridized carbons (Fsp3) is 0.647. The smallest absolute Gasteiger partial charge is 0.264 e. The van der Waals surface area contributed by atoms with E-state index in [1.54, 1.807) is 0 Å². The molecule has 2 aliphatic rings. The van der Waals surface area contributed by atoms with E-state index in [0.717, 1.165) is 56.5 Å². The van der Waals surface area contributed by atoms with Gasteiger partial charge in [0.25, 0.3) is 11.5 Å². The number of aryl methyl sites for hydroxylation is 1. The van der Waals surface area contributed by atoms with Crippen LogP contribution in [0.5, 0.6) is 5.75 Å². The van der Waals surface area contributed by atoms with E-state index in [4.69, 9.17) is 0 Å². The van der Waals surface area contributed by atoms with E-state index in [0.29, 0.717) is 19.0 Å². The zero-order chi connectivity index (χ0) is 16.4. The Kier molecular flexibility index (Phi) is 4.71. The van der Waals surface area contributed by atoms with Gasteiger partial charge in [-0.15, -0.1) is 0 Å². The van der Waals surface area contributed by atoms with Crippen LogP contribution in [0.2, 0.25) is 0 Å². The molecule has 1 aliphatic carbocycles. The molecule has 126 valence electrons. The number of amides is 1. The van der Waals surface area contributed by atoms with Gasteiger partial charge in [-0.05, 0) is 51.6 Å². The van der Waals surface area contributed by atoms with Crippen LogP contribution in [0.1, 0.15) is 54.2 Å². The second-order valence-corrected chi connectivity index (χ2v) is 6.48. The molecule has 3 N–H and O–H groups in total. The standard InChI is InChI=1S/C17H25N3O3/c1-2-20-9-5-6-11(20)10-18-16(22)14-15(21)12-7-3-4-8-13(12)19-17(14)23/h11H,2-10H2,1H3,(H,18,22)(H2,19,21,23)/t11-/m0/s1. The van der Waals surface area contributed by atoms with E-state index in [1.165, 1.54) is 0 Å². The molecular weight excluding hydrogens is 294 g/mol. The van der Waals surface area contributed by atoms with E-state index in [9.17, 15) is 14.7 Å². The van der Waals surface area contributed by atoms with Gasteiger partial charge in [-0.1, -0.05) is 6.92 Å². The van der Waals surface area contributed by atoms with Crippen molar-refractivity contribution >= 4 is 5.91 Å². The SMILES string of the molecule is CCN1CCC[C@H]1CNC(=O)c1c(O)c2c([nH]c1=O)CCCC2. The largest absolute Gasteiger partial charge is 0.507 e. The van der Waals surface area contributed by atoms with E-state index >= 15 is 0 Å². The zero-order valence-corrected chi connectivity index (χ0v) is 13.7. The normalized spacial score (nSPS) is 21.2. The molecule has 3 rings (SSSR count). The van der Waals surface area contributed by atoms with Crippen LogP contribution >= 0.6 is 0 Å². The molecule has 1 atom stereocenters. The quantitative estimate of drug-likeness (QED) is 0.778. The fourth-order valence-electron chi connectivity index (χ4n) is 3.81. The molecule has 1 saturated heterocycles. The van der Waals surface area contributed by atoms with Gasteiger partial charge in [0.15, 0.2) is 0 Å². The van der Waals surface area contributed by atoms with Crippen molar-refractivity contribution in [3.05, 3.63) is 27.2 Å². The summed E-state index contributed by atoms with van der Waals surface area (Å²) in [6, 6.07) is 0.322. The number of nitrogens with one attached hydrogen (secondary N) is 2. The highest BCUT2D eigenvalue weighted by molar-refractivity contribution is 5.96. The summed E-state index contributed by atoms with van der Waals surface area (Å²) in [4.78, 5) is 29.7. The molecule has 2 heterocycles. The van der Waals surface area contributed by atoms with Crippen molar-refractivity contribution < 1.29 is 9.90 Å². The number of H-pyrrole nitrogens is 1. The first-order valence-electron chi connectivity index (χ1n) is 8.61. The van der Waals surface area contributed by atoms with Crippen LogP contribution in [0.25, 0.3) is 0 Å². The number of carbonyl (C=O) groups is 1. The molecule has 6 nitrogen and oxygen atoms in total. The van der Waals surface area contributed by atoms with Gasteiger partial charge in [0.05, 0.1) is 0 Å². The van der Waals surface area contributed by atoms with Crippen molar-refractivity contribution in [2.45, 2.75) is 51.5 Å². The van der Waals surface area contributed by atoms with Crippen LogP contribution in [0, 0.1) is 0 Å². The molecular formula is C17H25N3O3. The summed E-state index contributed by atoms with van der Waals surface area (Å²) >= 11 is 0. The summed E-state index contributed by atoms with van der Waals surface area (Å²) in [5, 5.41) is 13.2. The third-order valence-electron chi connectivity index (χ3n) is 5.11. The third kappa shape index (κ3) is 3.13. The number of pyridine rings is 1. The maximum Gasteiger partial charge on any atom is 0.264 e. The number of rotatable bonds is 4. The molecule has 1 aliphatic heterocycles. The summed E-state index contributed by atoms with van der Waals surface area (Å²) in [6.07, 6.45) is 5.64. The highest BCUT2D eigenvalue weighted by Gasteiger charge is 2.26. The van der Waals surface area contributed by atoms with Crippen molar-refractivity contribution in [3.63, 3.8) is 0 Å². The van der Waals surface area contributed by atoms with Crippen molar-refractivity contribution in [3.8, 4) is 5.75 Å². The number of hydrogen-bond acceptors (Lipinski definition) is 4. The lowest BCUT2D eigenvalue weighted by Gasteiger charge is -2.23. The Morgan fingerprint density at radius 3 is 2.91 bits per heavy atom. The van der Waals surface area contributed by atoms with Crippen LogP contribution in [-0.4, -0.2) is 46.6 Å². The van der Waals surface area contributed by atoms with E-state index in [2.05, 4.69) is 22.1 Å². The van der Waals surface area contributed by atoms with Crippen LogP contribution in [0.4, 0.5) is 0 Å². The number of nitrogens with zero attached hydrogens (tertiary/aromatic N) is 1. The van der Waals surface area contributed by atoms with Gasteiger partial charge in [0.1, 0.15) is 11.3 Å². The fourth-order valence-corrected chi connectivity index (χ4v) is 3.81. The summed E-state index contributed by atoms with van der Waals surface area (Å²) in [5.41, 5.74) is 0.895. The van der Waals surface area contributed by atoms with Gasteiger partial charge in [0, 0.05) is 23.8 Å². The molecule has 6 heteroatoms. The molecule has 0 radical (unpaired) electrons. The number of likely N-dealkylation sites (N-methyl/N-ethyl adjacent to an activating group) is 1.